The van der Waals surface area contributed by atoms with Gasteiger partial charge in [0.1, 0.15) is 11.6 Å². The number of carboxylic acid groups (broad SMARTS) is 1. The Balaban J connectivity index is 2.34. The van der Waals surface area contributed by atoms with Crippen LogP contribution in [-0.2, 0) is 6.42 Å². The summed E-state index contributed by atoms with van der Waals surface area (Å²) in [7, 11) is 0. The van der Waals surface area contributed by atoms with Crippen LogP contribution in [0.25, 0.3) is 0 Å². The molecule has 0 radical (unpaired) electrons. The van der Waals surface area contributed by atoms with Gasteiger partial charge in [0.15, 0.2) is 0 Å². The molecule has 0 unspecified atom stereocenters. The minimum atomic E-state index is -1.24. The maximum Gasteiger partial charge on any atom is 0.337 e. The predicted molar refractivity (Wildman–Crippen MR) is 60.4 cm³/mol. The quantitative estimate of drug-likeness (QED) is 0.909. The highest BCUT2D eigenvalue weighted by molar-refractivity contribution is 5.88. The van der Waals surface area contributed by atoms with Crippen molar-refractivity contribution in [2.24, 2.45) is 0 Å². The molecular weight excluding hydrogens is 240 g/mol. The lowest BCUT2D eigenvalue weighted by atomic mass is 10.1. The lowest BCUT2D eigenvalue weighted by Crippen LogP contribution is -2.06. The fourth-order valence-corrected chi connectivity index (χ4v) is 1.59. The molecule has 0 bridgehead atoms. The number of aromatic carboxylic acids is 1. The monoisotopic (exact) mass is 249 g/mol. The Hall–Kier alpha value is -2.30. The molecule has 0 saturated carbocycles. The second-order valence-electron chi connectivity index (χ2n) is 3.76. The summed E-state index contributed by atoms with van der Waals surface area (Å²) < 4.78 is 25.7. The van der Waals surface area contributed by atoms with E-state index < -0.39 is 11.8 Å². The minimum absolute atomic E-state index is 0.181. The summed E-state index contributed by atoms with van der Waals surface area (Å²) in [5.74, 6) is -2.31. The number of aromatic nitrogens is 1. The molecule has 0 amide bonds. The third-order valence-corrected chi connectivity index (χ3v) is 2.45. The smallest absolute Gasteiger partial charge is 0.337 e. The third kappa shape index (κ3) is 2.68. The summed E-state index contributed by atoms with van der Waals surface area (Å²) in [6.07, 6.45) is 1.17. The van der Waals surface area contributed by atoms with Crippen LogP contribution in [0.1, 0.15) is 21.6 Å². The van der Waals surface area contributed by atoms with E-state index in [2.05, 4.69) is 4.98 Å². The van der Waals surface area contributed by atoms with Crippen molar-refractivity contribution in [3.05, 3.63) is 65.0 Å². The van der Waals surface area contributed by atoms with E-state index in [1.807, 2.05) is 0 Å². The Morgan fingerprint density at radius 2 is 1.83 bits per heavy atom. The van der Waals surface area contributed by atoms with E-state index in [0.717, 1.165) is 12.3 Å². The van der Waals surface area contributed by atoms with Gasteiger partial charge in [-0.3, -0.25) is 4.98 Å². The summed E-state index contributed by atoms with van der Waals surface area (Å²) in [5, 5.41) is 8.95. The summed E-state index contributed by atoms with van der Waals surface area (Å²) in [5.41, 5.74) is 0.771. The van der Waals surface area contributed by atoms with Crippen molar-refractivity contribution in [2.75, 3.05) is 0 Å². The van der Waals surface area contributed by atoms with Crippen molar-refractivity contribution in [3.63, 3.8) is 0 Å². The van der Waals surface area contributed by atoms with Crippen LogP contribution in [0, 0.1) is 11.6 Å². The first-order valence-corrected chi connectivity index (χ1v) is 5.18. The van der Waals surface area contributed by atoms with Crippen LogP contribution in [0.3, 0.4) is 0 Å². The molecule has 92 valence electrons. The van der Waals surface area contributed by atoms with E-state index in [1.54, 1.807) is 0 Å². The zero-order valence-electron chi connectivity index (χ0n) is 9.23. The molecule has 1 N–H and O–H groups in total. The van der Waals surface area contributed by atoms with Crippen LogP contribution >= 0.6 is 0 Å². The van der Waals surface area contributed by atoms with Crippen LogP contribution in [0.2, 0.25) is 0 Å². The highest BCUT2D eigenvalue weighted by Gasteiger charge is 2.13. The number of benzene rings is 1. The molecule has 0 fully saturated rings. The van der Waals surface area contributed by atoms with Crippen LogP contribution in [0.5, 0.6) is 0 Å². The Bertz CT molecular complexity index is 582. The number of carboxylic acids is 1. The second-order valence-corrected chi connectivity index (χ2v) is 3.76. The number of nitrogens with zero attached hydrogens (tertiary/aromatic N) is 1. The molecule has 5 heteroatoms. The Labute approximate surface area is 102 Å². The molecule has 0 saturated heterocycles. The minimum Gasteiger partial charge on any atom is -0.478 e. The SMILES string of the molecule is O=C(O)c1cc(F)cnc1Cc1ccc(F)cc1. The lowest BCUT2D eigenvalue weighted by Gasteiger charge is -2.05. The molecule has 0 aliphatic carbocycles. The molecule has 0 aliphatic rings. The molecule has 1 aromatic carbocycles. The normalized spacial score (nSPS) is 10.3. The molecule has 2 aromatic rings. The van der Waals surface area contributed by atoms with Crippen molar-refractivity contribution >= 4 is 5.97 Å². The van der Waals surface area contributed by atoms with Gasteiger partial charge in [0.05, 0.1) is 17.5 Å². The van der Waals surface area contributed by atoms with Crippen LogP contribution in [0.15, 0.2) is 36.5 Å². The van der Waals surface area contributed by atoms with Crippen molar-refractivity contribution < 1.29 is 18.7 Å². The topological polar surface area (TPSA) is 50.2 Å². The van der Waals surface area contributed by atoms with Crippen LogP contribution < -0.4 is 0 Å². The van der Waals surface area contributed by atoms with Crippen LogP contribution in [-0.4, -0.2) is 16.1 Å². The van der Waals surface area contributed by atoms with Gasteiger partial charge in [-0.2, -0.15) is 0 Å². The average Bonchev–Trinajstić information content (AvgIpc) is 2.34. The van der Waals surface area contributed by atoms with Gasteiger partial charge in [0, 0.05) is 6.42 Å². The lowest BCUT2D eigenvalue weighted by molar-refractivity contribution is 0.0694. The Morgan fingerprint density at radius 3 is 2.44 bits per heavy atom. The fourth-order valence-electron chi connectivity index (χ4n) is 1.59. The highest BCUT2D eigenvalue weighted by atomic mass is 19.1. The summed E-state index contributed by atoms with van der Waals surface area (Å²) in [4.78, 5) is 14.7. The van der Waals surface area contributed by atoms with E-state index >= 15 is 0 Å². The number of hydrogen-bond acceptors (Lipinski definition) is 2. The van der Waals surface area contributed by atoms with Crippen molar-refractivity contribution in [3.8, 4) is 0 Å². The molecule has 0 atom stereocenters. The van der Waals surface area contributed by atoms with E-state index in [9.17, 15) is 13.6 Å². The molecular formula is C13H9F2NO2. The maximum atomic E-state index is 12.9. The number of hydrogen-bond donors (Lipinski definition) is 1. The number of carbonyl (C=O) groups is 1. The molecule has 1 heterocycles. The molecule has 0 spiro atoms. The largest absolute Gasteiger partial charge is 0.478 e. The van der Waals surface area contributed by atoms with Crippen molar-refractivity contribution in [1.29, 1.82) is 0 Å². The summed E-state index contributed by atoms with van der Waals surface area (Å²) in [6.45, 7) is 0. The van der Waals surface area contributed by atoms with Gasteiger partial charge in [-0.05, 0) is 23.8 Å². The van der Waals surface area contributed by atoms with Gasteiger partial charge in [0.25, 0.3) is 0 Å². The molecule has 18 heavy (non-hydrogen) atoms. The highest BCUT2D eigenvalue weighted by Crippen LogP contribution is 2.14. The van der Waals surface area contributed by atoms with E-state index in [1.165, 1.54) is 24.3 Å². The van der Waals surface area contributed by atoms with Gasteiger partial charge < -0.3 is 5.11 Å². The number of pyridine rings is 1. The summed E-state index contributed by atoms with van der Waals surface area (Å²) in [6, 6.07) is 6.55. The van der Waals surface area contributed by atoms with Gasteiger partial charge in [0.2, 0.25) is 0 Å². The zero-order valence-corrected chi connectivity index (χ0v) is 9.23. The molecule has 0 aliphatic heterocycles. The molecule has 3 nitrogen and oxygen atoms in total. The van der Waals surface area contributed by atoms with E-state index in [0.29, 0.717) is 5.56 Å². The first-order valence-electron chi connectivity index (χ1n) is 5.18. The van der Waals surface area contributed by atoms with Gasteiger partial charge in [-0.15, -0.1) is 0 Å². The van der Waals surface area contributed by atoms with E-state index in [4.69, 9.17) is 5.11 Å². The number of rotatable bonds is 3. The third-order valence-electron chi connectivity index (χ3n) is 2.45. The molecule has 2 rings (SSSR count). The first-order chi connectivity index (χ1) is 8.56. The van der Waals surface area contributed by atoms with Gasteiger partial charge in [-0.25, -0.2) is 13.6 Å². The molecule has 1 aromatic heterocycles. The first kappa shape index (κ1) is 12.2. The summed E-state index contributed by atoms with van der Waals surface area (Å²) >= 11 is 0. The van der Waals surface area contributed by atoms with Crippen molar-refractivity contribution in [1.82, 2.24) is 4.98 Å². The predicted octanol–water partition coefficient (Wildman–Crippen LogP) is 2.65. The zero-order chi connectivity index (χ0) is 13.1. The number of halogens is 2. The van der Waals surface area contributed by atoms with Gasteiger partial charge in [-0.1, -0.05) is 12.1 Å². The average molecular weight is 249 g/mol. The fraction of sp³-hybridized carbons (Fsp3) is 0.0769. The Morgan fingerprint density at radius 1 is 1.17 bits per heavy atom. The van der Waals surface area contributed by atoms with Gasteiger partial charge >= 0.3 is 5.97 Å². The second kappa shape index (κ2) is 4.91. The van der Waals surface area contributed by atoms with Crippen LogP contribution in [0.4, 0.5) is 8.78 Å². The standard InChI is InChI=1S/C13H9F2NO2/c14-9-3-1-8(2-4-9)5-12-11(13(17)18)6-10(15)7-16-12/h1-4,6-7H,5H2,(H,17,18). The van der Waals surface area contributed by atoms with E-state index in [-0.39, 0.29) is 23.5 Å². The maximum absolute atomic E-state index is 12.9. The Kier molecular flexibility index (Phi) is 3.32. The van der Waals surface area contributed by atoms with Crippen molar-refractivity contribution in [2.45, 2.75) is 6.42 Å².